The summed E-state index contributed by atoms with van der Waals surface area (Å²) in [5.41, 5.74) is 0.927. The fourth-order valence-corrected chi connectivity index (χ4v) is 3.91. The third kappa shape index (κ3) is 4.55. The predicted molar refractivity (Wildman–Crippen MR) is 89.5 cm³/mol. The van der Waals surface area contributed by atoms with Gasteiger partial charge in [-0.25, -0.2) is 0 Å². The molecule has 0 spiro atoms. The smallest absolute Gasteiger partial charge is 0.387 e. The van der Waals surface area contributed by atoms with Gasteiger partial charge in [0.15, 0.2) is 0 Å². The molecule has 0 radical (unpaired) electrons. The van der Waals surface area contributed by atoms with Gasteiger partial charge in [0.05, 0.1) is 0 Å². The van der Waals surface area contributed by atoms with Gasteiger partial charge in [-0.2, -0.15) is 8.78 Å². The number of para-hydroxylation sites is 1. The van der Waals surface area contributed by atoms with Gasteiger partial charge in [0, 0.05) is 37.8 Å². The lowest BCUT2D eigenvalue weighted by molar-refractivity contribution is -0.0516. The molecule has 1 aliphatic heterocycles. The van der Waals surface area contributed by atoms with E-state index >= 15 is 0 Å². The van der Waals surface area contributed by atoms with Crippen molar-refractivity contribution in [2.75, 3.05) is 26.2 Å². The van der Waals surface area contributed by atoms with Crippen LogP contribution < -0.4 is 10.1 Å². The van der Waals surface area contributed by atoms with E-state index in [9.17, 15) is 8.78 Å². The second kappa shape index (κ2) is 8.81. The van der Waals surface area contributed by atoms with Crippen molar-refractivity contribution in [2.24, 2.45) is 5.92 Å². The molecule has 23 heavy (non-hydrogen) atoms. The van der Waals surface area contributed by atoms with Crippen molar-refractivity contribution in [3.63, 3.8) is 0 Å². The molecule has 1 saturated carbocycles. The Bertz CT molecular complexity index is 477. The van der Waals surface area contributed by atoms with Crippen molar-refractivity contribution < 1.29 is 13.5 Å². The average molecular weight is 347 g/mol. The van der Waals surface area contributed by atoms with Crippen molar-refractivity contribution in [1.29, 1.82) is 0 Å². The quantitative estimate of drug-likeness (QED) is 0.876. The summed E-state index contributed by atoms with van der Waals surface area (Å²) in [5, 5.41) is 3.37. The van der Waals surface area contributed by atoms with Crippen LogP contribution >= 0.6 is 12.4 Å². The fraction of sp³-hybridized carbons (Fsp3) is 0.647. The summed E-state index contributed by atoms with van der Waals surface area (Å²) in [6.07, 6.45) is 4.84. The van der Waals surface area contributed by atoms with Crippen LogP contribution in [0, 0.1) is 5.92 Å². The fourth-order valence-electron chi connectivity index (χ4n) is 3.91. The lowest BCUT2D eigenvalue weighted by Gasteiger charge is -2.39. The number of rotatable bonds is 5. The number of benzene rings is 1. The molecule has 1 heterocycles. The molecule has 2 aliphatic rings. The number of nitrogens with one attached hydrogen (secondary N) is 1. The summed E-state index contributed by atoms with van der Waals surface area (Å²) in [6.45, 7) is 1.07. The highest BCUT2D eigenvalue weighted by molar-refractivity contribution is 5.85. The van der Waals surface area contributed by atoms with E-state index in [1.54, 1.807) is 12.1 Å². The Morgan fingerprint density at radius 1 is 1.09 bits per heavy atom. The first-order valence-electron chi connectivity index (χ1n) is 8.24. The third-order valence-electron chi connectivity index (χ3n) is 4.85. The molecular weight excluding hydrogens is 322 g/mol. The number of hydrogen-bond donors (Lipinski definition) is 1. The molecule has 1 N–H and O–H groups in total. The summed E-state index contributed by atoms with van der Waals surface area (Å²) < 4.78 is 30.3. The largest absolute Gasteiger partial charge is 0.434 e. The lowest BCUT2D eigenvalue weighted by atomic mass is 9.89. The first-order valence-corrected chi connectivity index (χ1v) is 8.24. The molecule has 0 bridgehead atoms. The number of nitrogens with zero attached hydrogens (tertiary/aromatic N) is 1. The first-order chi connectivity index (χ1) is 10.8. The SMILES string of the molecule is Cl.FC(F)Oc1ccccc1[C@@H](C1CCCC1)N1CCNCC1. The van der Waals surface area contributed by atoms with Crippen LogP contribution in [0.5, 0.6) is 5.75 Å². The van der Waals surface area contributed by atoms with Crippen molar-refractivity contribution in [2.45, 2.75) is 38.3 Å². The molecule has 3 nitrogen and oxygen atoms in total. The monoisotopic (exact) mass is 346 g/mol. The van der Waals surface area contributed by atoms with Crippen LogP contribution in [0.3, 0.4) is 0 Å². The minimum atomic E-state index is -2.77. The highest BCUT2D eigenvalue weighted by atomic mass is 35.5. The molecule has 3 rings (SSSR count). The Labute approximate surface area is 142 Å². The minimum Gasteiger partial charge on any atom is -0.434 e. The van der Waals surface area contributed by atoms with Crippen LogP contribution in [-0.2, 0) is 0 Å². The Morgan fingerprint density at radius 2 is 1.74 bits per heavy atom. The van der Waals surface area contributed by atoms with E-state index in [1.807, 2.05) is 12.1 Å². The summed E-state index contributed by atoms with van der Waals surface area (Å²) in [6, 6.07) is 7.52. The molecule has 0 unspecified atom stereocenters. The van der Waals surface area contributed by atoms with E-state index in [1.165, 1.54) is 25.7 Å². The van der Waals surface area contributed by atoms with Crippen molar-refractivity contribution in [1.82, 2.24) is 10.2 Å². The predicted octanol–water partition coefficient (Wildman–Crippen LogP) is 3.85. The van der Waals surface area contributed by atoms with Gasteiger partial charge in [0.2, 0.25) is 0 Å². The molecule has 2 fully saturated rings. The van der Waals surface area contributed by atoms with Gasteiger partial charge in [-0.1, -0.05) is 31.0 Å². The average Bonchev–Trinajstić information content (AvgIpc) is 3.04. The summed E-state index contributed by atoms with van der Waals surface area (Å²) >= 11 is 0. The number of piperazine rings is 1. The molecule has 1 aliphatic carbocycles. The van der Waals surface area contributed by atoms with Crippen LogP contribution in [0.2, 0.25) is 0 Å². The Hall–Kier alpha value is -0.910. The van der Waals surface area contributed by atoms with Crippen LogP contribution in [0.15, 0.2) is 24.3 Å². The highest BCUT2D eigenvalue weighted by Gasteiger charge is 2.33. The number of halogens is 3. The molecular formula is C17H25ClF2N2O. The number of hydrogen-bond acceptors (Lipinski definition) is 3. The molecule has 1 aromatic carbocycles. The molecule has 1 atom stereocenters. The number of alkyl halides is 2. The maximum atomic E-state index is 12.7. The van der Waals surface area contributed by atoms with Gasteiger partial charge in [-0.05, 0) is 24.8 Å². The lowest BCUT2D eigenvalue weighted by Crippen LogP contribution is -2.46. The van der Waals surface area contributed by atoms with E-state index in [4.69, 9.17) is 4.74 Å². The van der Waals surface area contributed by atoms with Gasteiger partial charge in [0.1, 0.15) is 5.75 Å². The van der Waals surface area contributed by atoms with Gasteiger partial charge in [-0.15, -0.1) is 12.4 Å². The standard InChI is InChI=1S/C17H24F2N2O.ClH/c18-17(19)22-15-8-4-3-7-14(15)16(13-5-1-2-6-13)21-11-9-20-10-12-21;/h3-4,7-8,13,16-17,20H,1-2,5-6,9-12H2;1H/t16-;/m1./s1. The van der Waals surface area contributed by atoms with Crippen LogP contribution in [-0.4, -0.2) is 37.7 Å². The maximum absolute atomic E-state index is 12.7. The highest BCUT2D eigenvalue weighted by Crippen LogP contribution is 2.42. The van der Waals surface area contributed by atoms with E-state index in [2.05, 4.69) is 10.2 Å². The van der Waals surface area contributed by atoms with Crippen LogP contribution in [0.25, 0.3) is 0 Å². The second-order valence-corrected chi connectivity index (χ2v) is 6.19. The zero-order valence-corrected chi connectivity index (χ0v) is 14.0. The molecule has 6 heteroatoms. The van der Waals surface area contributed by atoms with E-state index < -0.39 is 6.61 Å². The van der Waals surface area contributed by atoms with Gasteiger partial charge in [-0.3, -0.25) is 4.90 Å². The summed E-state index contributed by atoms with van der Waals surface area (Å²) in [5.74, 6) is 0.883. The van der Waals surface area contributed by atoms with Crippen LogP contribution in [0.1, 0.15) is 37.3 Å². The normalized spacial score (nSPS) is 21.2. The topological polar surface area (TPSA) is 24.5 Å². The van der Waals surface area contributed by atoms with E-state index in [0.29, 0.717) is 11.7 Å². The summed E-state index contributed by atoms with van der Waals surface area (Å²) in [4.78, 5) is 2.44. The molecule has 0 amide bonds. The Balaban J connectivity index is 0.00000192. The van der Waals surface area contributed by atoms with Crippen molar-refractivity contribution in [3.05, 3.63) is 29.8 Å². The zero-order chi connectivity index (χ0) is 15.4. The Morgan fingerprint density at radius 3 is 2.39 bits per heavy atom. The van der Waals surface area contributed by atoms with Gasteiger partial charge >= 0.3 is 6.61 Å². The molecule has 1 aromatic rings. The summed E-state index contributed by atoms with van der Waals surface area (Å²) in [7, 11) is 0. The molecule has 1 saturated heterocycles. The van der Waals surface area contributed by atoms with Gasteiger partial charge < -0.3 is 10.1 Å². The van der Waals surface area contributed by atoms with Gasteiger partial charge in [0.25, 0.3) is 0 Å². The Kier molecular flexibility index (Phi) is 7.06. The van der Waals surface area contributed by atoms with Crippen molar-refractivity contribution in [3.8, 4) is 5.75 Å². The molecule has 0 aromatic heterocycles. The number of ether oxygens (including phenoxy) is 1. The van der Waals surface area contributed by atoms with E-state index in [-0.39, 0.29) is 18.4 Å². The minimum absolute atomic E-state index is 0. The first kappa shape index (κ1) is 18.4. The molecule has 130 valence electrons. The van der Waals surface area contributed by atoms with Crippen LogP contribution in [0.4, 0.5) is 8.78 Å². The third-order valence-corrected chi connectivity index (χ3v) is 4.85. The van der Waals surface area contributed by atoms with Crippen molar-refractivity contribution >= 4 is 12.4 Å². The second-order valence-electron chi connectivity index (χ2n) is 6.19. The van der Waals surface area contributed by atoms with E-state index in [0.717, 1.165) is 31.7 Å². The zero-order valence-electron chi connectivity index (χ0n) is 13.2. The maximum Gasteiger partial charge on any atom is 0.387 e.